The van der Waals surface area contributed by atoms with Gasteiger partial charge in [0.25, 0.3) is 5.88 Å². The van der Waals surface area contributed by atoms with Crippen molar-refractivity contribution in [1.29, 1.82) is 0 Å². The molecule has 4 aromatic rings. The molecule has 3 heterocycles. The maximum absolute atomic E-state index is 13.8. The summed E-state index contributed by atoms with van der Waals surface area (Å²) >= 11 is -1.34. The monoisotopic (exact) mass is 469 g/mol. The molecule has 1 aromatic carbocycles. The summed E-state index contributed by atoms with van der Waals surface area (Å²) in [7, 11) is 1.48. The van der Waals surface area contributed by atoms with E-state index in [4.69, 9.17) is 13.9 Å². The lowest BCUT2D eigenvalue weighted by atomic mass is 9.99. The van der Waals surface area contributed by atoms with Crippen LogP contribution in [0.15, 0.2) is 58.0 Å². The predicted molar refractivity (Wildman–Crippen MR) is 123 cm³/mol. The highest BCUT2D eigenvalue weighted by Gasteiger charge is 2.18. The molecule has 0 fully saturated rings. The van der Waals surface area contributed by atoms with Crippen molar-refractivity contribution >= 4 is 28.1 Å². The van der Waals surface area contributed by atoms with Gasteiger partial charge in [-0.1, -0.05) is 0 Å². The third-order valence-electron chi connectivity index (χ3n) is 5.00. The second-order valence-electron chi connectivity index (χ2n) is 7.13. The predicted octanol–water partition coefficient (Wildman–Crippen LogP) is 4.13. The van der Waals surface area contributed by atoms with Crippen LogP contribution < -0.4 is 19.8 Å². The molecule has 0 radical (unpaired) electrons. The Hall–Kier alpha value is -3.63. The Morgan fingerprint density at radius 1 is 1.21 bits per heavy atom. The van der Waals surface area contributed by atoms with Crippen molar-refractivity contribution in [1.82, 2.24) is 9.97 Å². The average molecular weight is 469 g/mol. The molecular weight excluding hydrogens is 449 g/mol. The highest BCUT2D eigenvalue weighted by Crippen LogP contribution is 2.31. The van der Waals surface area contributed by atoms with Crippen LogP contribution in [0.2, 0.25) is 0 Å². The number of halogens is 1. The molecule has 3 aromatic heterocycles. The Balaban J connectivity index is 1.70. The van der Waals surface area contributed by atoms with Gasteiger partial charge in [0.1, 0.15) is 17.6 Å². The van der Waals surface area contributed by atoms with Crippen LogP contribution in [-0.2, 0) is 17.8 Å². The number of pyridine rings is 2. The van der Waals surface area contributed by atoms with E-state index < -0.39 is 22.8 Å². The Morgan fingerprint density at radius 3 is 2.76 bits per heavy atom. The van der Waals surface area contributed by atoms with Gasteiger partial charge in [0.2, 0.25) is 5.82 Å². The topological polar surface area (TPSA) is 110 Å². The summed E-state index contributed by atoms with van der Waals surface area (Å²) in [6.07, 6.45) is 4.67. The first-order valence-electron chi connectivity index (χ1n) is 9.84. The van der Waals surface area contributed by atoms with E-state index in [1.807, 2.05) is 6.92 Å². The van der Waals surface area contributed by atoms with Crippen LogP contribution in [0.4, 0.5) is 10.2 Å². The molecule has 0 aliphatic rings. The third-order valence-corrected chi connectivity index (χ3v) is 5.48. The maximum atomic E-state index is 13.8. The lowest BCUT2D eigenvalue weighted by Crippen LogP contribution is -2.14. The van der Waals surface area contributed by atoms with Gasteiger partial charge in [-0.3, -0.25) is 0 Å². The Kier molecular flexibility index (Phi) is 6.47. The van der Waals surface area contributed by atoms with Crippen molar-refractivity contribution in [2.75, 3.05) is 18.1 Å². The number of anilines is 1. The van der Waals surface area contributed by atoms with E-state index in [1.54, 1.807) is 24.4 Å². The van der Waals surface area contributed by atoms with Crippen LogP contribution in [0.5, 0.6) is 17.4 Å². The van der Waals surface area contributed by atoms with Crippen LogP contribution in [0, 0.1) is 12.7 Å². The molecule has 8 nitrogen and oxygen atoms in total. The molecule has 0 aliphatic carbocycles. The minimum Gasteiger partial charge on any atom is -0.593 e. The normalized spacial score (nSPS) is 11.9. The summed E-state index contributed by atoms with van der Waals surface area (Å²) in [5.41, 5.74) is 1.64. The van der Waals surface area contributed by atoms with Gasteiger partial charge in [-0.25, -0.2) is 19.2 Å². The minimum absolute atomic E-state index is 0.172. The third kappa shape index (κ3) is 4.76. The summed E-state index contributed by atoms with van der Waals surface area (Å²) in [5.74, 6) is 0.233. The fraction of sp³-hybridized carbons (Fsp3) is 0.174. The maximum Gasteiger partial charge on any atom is 0.340 e. The fourth-order valence-electron chi connectivity index (χ4n) is 3.45. The first-order valence-corrected chi connectivity index (χ1v) is 11.4. The number of hydrogen-bond donors (Lipinski definition) is 1. The number of fused-ring (bicyclic) bond motifs is 1. The van der Waals surface area contributed by atoms with Crippen LogP contribution in [0.3, 0.4) is 0 Å². The zero-order chi connectivity index (χ0) is 23.5. The first kappa shape index (κ1) is 22.6. The number of ether oxygens (including phenoxy) is 2. The van der Waals surface area contributed by atoms with Gasteiger partial charge in [0, 0.05) is 41.4 Å². The minimum atomic E-state index is -1.34. The van der Waals surface area contributed by atoms with E-state index in [-0.39, 0.29) is 18.1 Å². The standard InChI is InChI=1S/C23H20FN3O5S/c1-13-16-7-6-15(31-22-18(24)5-4-9-26-22)12-19(16)32-23(28)17(13)11-14-8-10-25-21(20(14)30-2)27-33(3)29/h4-10,12H,11H2,1-3H3,(H,25,27). The second-order valence-corrected chi connectivity index (χ2v) is 8.24. The number of nitrogens with one attached hydrogen (secondary N) is 1. The van der Waals surface area contributed by atoms with Gasteiger partial charge in [-0.2, -0.15) is 4.72 Å². The summed E-state index contributed by atoms with van der Waals surface area (Å²) in [4.78, 5) is 20.9. The molecule has 0 amide bonds. The number of methoxy groups -OCH3 is 1. The Bertz CT molecular complexity index is 1380. The number of nitrogens with zero attached hydrogens (tertiary/aromatic N) is 2. The smallest absolute Gasteiger partial charge is 0.340 e. The van der Waals surface area contributed by atoms with E-state index in [1.165, 1.54) is 37.8 Å². The van der Waals surface area contributed by atoms with E-state index >= 15 is 0 Å². The molecule has 0 saturated carbocycles. The Morgan fingerprint density at radius 2 is 2.03 bits per heavy atom. The molecule has 0 bridgehead atoms. The van der Waals surface area contributed by atoms with Gasteiger partial charge >= 0.3 is 5.63 Å². The SMILES string of the molecule is COc1c(Cc2c(C)c3ccc(Oc4ncccc4F)cc3oc2=O)ccnc1N[S+](C)[O-]. The number of hydrogen-bond acceptors (Lipinski definition) is 8. The lowest BCUT2D eigenvalue weighted by molar-refractivity contribution is 0.410. The first-order chi connectivity index (χ1) is 15.9. The molecule has 0 aliphatic heterocycles. The fourth-order valence-corrected chi connectivity index (χ4v) is 3.87. The zero-order valence-electron chi connectivity index (χ0n) is 18.0. The van der Waals surface area contributed by atoms with Crippen molar-refractivity contribution < 1.29 is 22.8 Å². The molecule has 33 heavy (non-hydrogen) atoms. The zero-order valence-corrected chi connectivity index (χ0v) is 18.9. The van der Waals surface area contributed by atoms with Gasteiger partial charge < -0.3 is 18.4 Å². The molecule has 0 saturated heterocycles. The molecular formula is C23H20FN3O5S. The summed E-state index contributed by atoms with van der Waals surface area (Å²) in [6.45, 7) is 1.82. The van der Waals surface area contributed by atoms with Crippen molar-refractivity contribution in [2.24, 2.45) is 0 Å². The largest absolute Gasteiger partial charge is 0.593 e. The Labute approximate surface area is 191 Å². The number of benzene rings is 1. The van der Waals surface area contributed by atoms with Crippen LogP contribution in [0.1, 0.15) is 16.7 Å². The van der Waals surface area contributed by atoms with Crippen molar-refractivity contribution in [2.45, 2.75) is 13.3 Å². The van der Waals surface area contributed by atoms with Crippen molar-refractivity contribution in [3.63, 3.8) is 0 Å². The summed E-state index contributed by atoms with van der Waals surface area (Å²) < 4.78 is 44.6. The van der Waals surface area contributed by atoms with Gasteiger partial charge in [0.15, 0.2) is 11.6 Å². The quantitative estimate of drug-likeness (QED) is 0.318. The van der Waals surface area contributed by atoms with E-state index in [0.29, 0.717) is 33.7 Å². The van der Waals surface area contributed by atoms with Crippen molar-refractivity contribution in [3.05, 3.63) is 81.7 Å². The molecule has 170 valence electrons. The summed E-state index contributed by atoms with van der Waals surface area (Å²) in [5, 5.41) is 0.708. The molecule has 1 unspecified atom stereocenters. The lowest BCUT2D eigenvalue weighted by Gasteiger charge is -2.15. The molecule has 1 N–H and O–H groups in total. The number of rotatable bonds is 7. The highest BCUT2D eigenvalue weighted by molar-refractivity contribution is 7.92. The van der Waals surface area contributed by atoms with Crippen molar-refractivity contribution in [3.8, 4) is 17.4 Å². The van der Waals surface area contributed by atoms with E-state index in [0.717, 1.165) is 5.56 Å². The van der Waals surface area contributed by atoms with Gasteiger partial charge in [-0.05, 0) is 42.8 Å². The van der Waals surface area contributed by atoms with Crippen LogP contribution in [0.25, 0.3) is 11.0 Å². The second kappa shape index (κ2) is 9.47. The highest BCUT2D eigenvalue weighted by atomic mass is 32.2. The molecule has 10 heteroatoms. The van der Waals surface area contributed by atoms with Gasteiger partial charge in [0.05, 0.1) is 18.5 Å². The van der Waals surface area contributed by atoms with E-state index in [9.17, 15) is 13.7 Å². The number of aryl methyl sites for hydroxylation is 1. The van der Waals surface area contributed by atoms with Gasteiger partial charge in [-0.15, -0.1) is 0 Å². The number of aromatic nitrogens is 2. The molecule has 0 spiro atoms. The van der Waals surface area contributed by atoms with Crippen LogP contribution in [-0.4, -0.2) is 27.9 Å². The molecule has 1 atom stereocenters. The van der Waals surface area contributed by atoms with Crippen LogP contribution >= 0.6 is 0 Å². The van der Waals surface area contributed by atoms with E-state index in [2.05, 4.69) is 14.7 Å². The molecule has 4 rings (SSSR count). The summed E-state index contributed by atoms with van der Waals surface area (Å²) in [6, 6.07) is 9.35. The average Bonchev–Trinajstić information content (AvgIpc) is 2.78.